The van der Waals surface area contributed by atoms with Crippen LogP contribution in [0.4, 0.5) is 0 Å². The van der Waals surface area contributed by atoms with Crippen LogP contribution in [0.2, 0.25) is 0 Å². The van der Waals surface area contributed by atoms with Crippen molar-refractivity contribution in [3.8, 4) is 0 Å². The van der Waals surface area contributed by atoms with Crippen molar-refractivity contribution >= 4 is 20.2 Å². The maximum absolute atomic E-state index is 12.1. The van der Waals surface area contributed by atoms with Gasteiger partial charge in [-0.05, 0) is 11.1 Å². The van der Waals surface area contributed by atoms with Crippen molar-refractivity contribution < 1.29 is 44.1 Å². The summed E-state index contributed by atoms with van der Waals surface area (Å²) in [5.41, 5.74) is 1.70. The molecule has 0 bridgehead atoms. The molecule has 1 heterocycles. The highest BCUT2D eigenvalue weighted by Gasteiger charge is 2.50. The number of hydrogen-bond acceptors (Lipinski definition) is 10. The Kier molecular flexibility index (Phi) is 9.78. The van der Waals surface area contributed by atoms with Gasteiger partial charge in [0.2, 0.25) is 0 Å². The molecule has 0 saturated carbocycles. The molecule has 2 aromatic carbocycles. The van der Waals surface area contributed by atoms with Crippen molar-refractivity contribution in [3.63, 3.8) is 0 Å². The lowest BCUT2D eigenvalue weighted by molar-refractivity contribution is -0.308. The second kappa shape index (κ2) is 12.4. The predicted octanol–water partition coefficient (Wildman–Crippen LogP) is 1.85. The minimum atomic E-state index is -4.00. The molecule has 10 nitrogen and oxygen atoms in total. The number of rotatable bonds is 12. The van der Waals surface area contributed by atoms with Gasteiger partial charge in [0.1, 0.15) is 24.4 Å². The fourth-order valence-corrected chi connectivity index (χ4v) is 4.63. The first-order valence-corrected chi connectivity index (χ1v) is 14.4. The van der Waals surface area contributed by atoms with Crippen LogP contribution in [0.15, 0.2) is 60.7 Å². The van der Waals surface area contributed by atoms with Crippen LogP contribution in [0, 0.1) is 0 Å². The molecule has 5 atom stereocenters. The van der Waals surface area contributed by atoms with Gasteiger partial charge in [-0.3, -0.25) is 8.37 Å². The first-order chi connectivity index (χ1) is 16.6. The van der Waals surface area contributed by atoms with Crippen molar-refractivity contribution in [2.45, 2.75) is 43.9 Å². The van der Waals surface area contributed by atoms with Crippen LogP contribution >= 0.6 is 0 Å². The molecule has 194 valence electrons. The highest BCUT2D eigenvalue weighted by atomic mass is 32.2. The van der Waals surface area contributed by atoms with Crippen LogP contribution in [0.5, 0.6) is 0 Å². The summed E-state index contributed by atoms with van der Waals surface area (Å²) in [6, 6.07) is 18.6. The van der Waals surface area contributed by atoms with Crippen LogP contribution in [0.25, 0.3) is 0 Å². The Morgan fingerprint density at radius 2 is 1.26 bits per heavy atom. The molecule has 0 amide bonds. The van der Waals surface area contributed by atoms with E-state index in [0.29, 0.717) is 0 Å². The van der Waals surface area contributed by atoms with E-state index >= 15 is 0 Å². The Morgan fingerprint density at radius 1 is 0.743 bits per heavy atom. The molecular formula is C23H30O10S2. The van der Waals surface area contributed by atoms with E-state index in [0.717, 1.165) is 23.6 Å². The summed E-state index contributed by atoms with van der Waals surface area (Å²) in [4.78, 5) is 0. The van der Waals surface area contributed by atoms with Gasteiger partial charge in [-0.15, -0.1) is 0 Å². The highest BCUT2D eigenvalue weighted by molar-refractivity contribution is 7.86. The topological polar surface area (TPSA) is 124 Å². The molecule has 1 aliphatic rings. The summed E-state index contributed by atoms with van der Waals surface area (Å²) in [7, 11) is -6.45. The van der Waals surface area contributed by atoms with Gasteiger partial charge in [0.25, 0.3) is 20.2 Å². The van der Waals surface area contributed by atoms with Crippen LogP contribution in [-0.2, 0) is 60.8 Å². The summed E-state index contributed by atoms with van der Waals surface area (Å²) in [6.45, 7) is -0.234. The van der Waals surface area contributed by atoms with E-state index in [9.17, 15) is 16.8 Å². The molecular weight excluding hydrogens is 500 g/mol. The monoisotopic (exact) mass is 530 g/mol. The molecule has 0 spiro atoms. The fraction of sp³-hybridized carbons (Fsp3) is 0.478. The first kappa shape index (κ1) is 27.7. The molecule has 1 fully saturated rings. The molecule has 12 heteroatoms. The molecule has 1 saturated heterocycles. The van der Waals surface area contributed by atoms with E-state index in [2.05, 4.69) is 0 Å². The molecule has 0 aromatic heterocycles. The number of methoxy groups -OCH3 is 1. The van der Waals surface area contributed by atoms with Gasteiger partial charge in [-0.1, -0.05) is 60.7 Å². The molecule has 3 rings (SSSR count). The smallest absolute Gasteiger partial charge is 0.264 e. The van der Waals surface area contributed by atoms with Gasteiger partial charge >= 0.3 is 0 Å². The second-order valence-electron chi connectivity index (χ2n) is 8.05. The van der Waals surface area contributed by atoms with E-state index in [1.54, 1.807) is 0 Å². The van der Waals surface area contributed by atoms with Gasteiger partial charge in [0, 0.05) is 7.11 Å². The second-order valence-corrected chi connectivity index (χ2v) is 11.3. The Labute approximate surface area is 206 Å². The minimum Gasteiger partial charge on any atom is -0.368 e. The van der Waals surface area contributed by atoms with Crippen molar-refractivity contribution in [2.75, 3.05) is 26.2 Å². The maximum Gasteiger partial charge on any atom is 0.264 e. The van der Waals surface area contributed by atoms with Crippen molar-refractivity contribution in [2.24, 2.45) is 0 Å². The Balaban J connectivity index is 1.92. The van der Waals surface area contributed by atoms with E-state index in [1.807, 2.05) is 60.7 Å². The molecule has 0 radical (unpaired) electrons. The first-order valence-electron chi connectivity index (χ1n) is 10.8. The van der Waals surface area contributed by atoms with E-state index in [-0.39, 0.29) is 13.2 Å². The van der Waals surface area contributed by atoms with Gasteiger partial charge < -0.3 is 18.9 Å². The Hall–Kier alpha value is -1.90. The largest absolute Gasteiger partial charge is 0.368 e. The predicted molar refractivity (Wildman–Crippen MR) is 126 cm³/mol. The van der Waals surface area contributed by atoms with Crippen LogP contribution in [0.3, 0.4) is 0 Å². The zero-order chi connectivity index (χ0) is 25.5. The fourth-order valence-electron chi connectivity index (χ4n) is 3.61. The molecule has 0 N–H and O–H groups in total. The van der Waals surface area contributed by atoms with Gasteiger partial charge in [0.05, 0.1) is 32.3 Å². The summed E-state index contributed by atoms with van der Waals surface area (Å²) >= 11 is 0. The Bertz CT molecular complexity index is 1120. The third-order valence-electron chi connectivity index (χ3n) is 5.13. The number of ether oxygens (including phenoxy) is 4. The molecule has 2 aromatic rings. The van der Waals surface area contributed by atoms with E-state index in [4.69, 9.17) is 27.3 Å². The van der Waals surface area contributed by atoms with Gasteiger partial charge in [-0.2, -0.15) is 16.8 Å². The zero-order valence-electron chi connectivity index (χ0n) is 19.7. The number of benzene rings is 2. The van der Waals surface area contributed by atoms with Crippen LogP contribution in [0.1, 0.15) is 11.1 Å². The quantitative estimate of drug-likeness (QED) is 0.376. The van der Waals surface area contributed by atoms with E-state index in [1.165, 1.54) is 7.11 Å². The highest BCUT2D eigenvalue weighted by Crippen LogP contribution is 2.31. The summed E-state index contributed by atoms with van der Waals surface area (Å²) in [5, 5.41) is 0. The molecule has 0 unspecified atom stereocenters. The molecule has 1 aliphatic heterocycles. The van der Waals surface area contributed by atoms with Crippen molar-refractivity contribution in [3.05, 3.63) is 71.8 Å². The lowest BCUT2D eigenvalue weighted by Crippen LogP contribution is -2.62. The summed E-state index contributed by atoms with van der Waals surface area (Å²) in [5.74, 6) is 0. The van der Waals surface area contributed by atoms with Gasteiger partial charge in [-0.25, -0.2) is 0 Å². The van der Waals surface area contributed by atoms with Gasteiger partial charge in [0.15, 0.2) is 6.29 Å². The number of hydrogen-bond donors (Lipinski definition) is 0. The molecule has 0 aliphatic carbocycles. The standard InChI is InChI=1S/C23H30O10S2/c1-28-23-22(30-15-18-12-8-5-9-13-18)21(29-14-17-10-6-4-7-11-17)20(33-35(3,26)27)19(32-23)16-31-34(2,24)25/h4-13,19-23H,14-16H2,1-3H3/t19-,20-,21-,22+,23+/m1/s1. The van der Waals surface area contributed by atoms with E-state index < -0.39 is 57.5 Å². The van der Waals surface area contributed by atoms with Crippen molar-refractivity contribution in [1.82, 2.24) is 0 Å². The third-order valence-corrected chi connectivity index (χ3v) is 6.26. The van der Waals surface area contributed by atoms with Crippen LogP contribution < -0.4 is 0 Å². The SMILES string of the molecule is CO[C@H]1O[C@H](COS(C)(=O)=O)[C@@H](OS(C)(=O)=O)[C@@H](OCc2ccccc2)[C@@H]1OCc1ccccc1. The minimum absolute atomic E-state index is 0.108. The summed E-state index contributed by atoms with van der Waals surface area (Å²) < 4.78 is 81.3. The van der Waals surface area contributed by atoms with Crippen LogP contribution in [-0.4, -0.2) is 73.8 Å². The summed E-state index contributed by atoms with van der Waals surface area (Å²) in [6.07, 6.45) is -3.61. The third kappa shape index (κ3) is 8.92. The lowest BCUT2D eigenvalue weighted by Gasteiger charge is -2.44. The molecule has 35 heavy (non-hydrogen) atoms. The average Bonchev–Trinajstić information content (AvgIpc) is 2.81. The Morgan fingerprint density at radius 3 is 1.71 bits per heavy atom. The van der Waals surface area contributed by atoms with Crippen molar-refractivity contribution in [1.29, 1.82) is 0 Å². The normalized spacial score (nSPS) is 25.4. The maximum atomic E-state index is 12.1. The average molecular weight is 531 g/mol. The lowest BCUT2D eigenvalue weighted by atomic mass is 9.98. The zero-order valence-corrected chi connectivity index (χ0v) is 21.3.